The first-order valence-electron chi connectivity index (χ1n) is 10.8. The number of hydrogen-bond acceptors (Lipinski definition) is 8. The molecule has 9 nitrogen and oxygen atoms in total. The van der Waals surface area contributed by atoms with Gasteiger partial charge in [-0.15, -0.1) is 0 Å². The third-order valence-electron chi connectivity index (χ3n) is 6.26. The quantitative estimate of drug-likeness (QED) is 0.343. The Kier molecular flexibility index (Phi) is 8.09. The Morgan fingerprint density at radius 2 is 1.74 bits per heavy atom. The van der Waals surface area contributed by atoms with Gasteiger partial charge in [0.2, 0.25) is 0 Å². The van der Waals surface area contributed by atoms with Crippen molar-refractivity contribution in [2.45, 2.75) is 43.1 Å². The summed E-state index contributed by atoms with van der Waals surface area (Å²) in [6.45, 7) is 1.23. The highest BCUT2D eigenvalue weighted by Gasteiger charge is 2.47. The van der Waals surface area contributed by atoms with Crippen LogP contribution in [0.1, 0.15) is 30.9 Å². The largest absolute Gasteiger partial charge is 0.394 e. The van der Waals surface area contributed by atoms with Gasteiger partial charge in [-0.25, -0.2) is 13.9 Å². The minimum Gasteiger partial charge on any atom is -0.394 e. The summed E-state index contributed by atoms with van der Waals surface area (Å²) in [6.07, 6.45) is 0.934. The average Bonchev–Trinajstić information content (AvgIpc) is 3.30. The van der Waals surface area contributed by atoms with Crippen LogP contribution in [-0.4, -0.2) is 67.3 Å². The molecular weight excluding hydrogens is 460 g/mol. The molecule has 3 atom stereocenters. The van der Waals surface area contributed by atoms with Gasteiger partial charge in [0.25, 0.3) is 5.91 Å². The number of oxime groups is 1. The van der Waals surface area contributed by atoms with Crippen LogP contribution in [0.3, 0.4) is 0 Å². The molecular formula is C24H30N2O7S. The molecule has 10 heteroatoms. The number of sulfone groups is 1. The summed E-state index contributed by atoms with van der Waals surface area (Å²) in [7, 11) is -2.24. The molecule has 0 aliphatic carbocycles. The fourth-order valence-electron chi connectivity index (χ4n) is 3.85. The summed E-state index contributed by atoms with van der Waals surface area (Å²) in [6, 6.07) is 15.8. The molecule has 1 unspecified atom stereocenters. The molecule has 2 aromatic rings. The topological polar surface area (TPSA) is 135 Å². The lowest BCUT2D eigenvalue weighted by molar-refractivity contribution is -0.132. The van der Waals surface area contributed by atoms with E-state index < -0.39 is 26.6 Å². The summed E-state index contributed by atoms with van der Waals surface area (Å²) >= 11 is 0. The minimum absolute atomic E-state index is 0.0314. The van der Waals surface area contributed by atoms with E-state index in [-0.39, 0.29) is 19.1 Å². The number of carbonyl (C=O) groups is 1. The second kappa shape index (κ2) is 10.6. The molecule has 0 saturated carbocycles. The van der Waals surface area contributed by atoms with Gasteiger partial charge in [0, 0.05) is 32.6 Å². The zero-order chi connectivity index (χ0) is 24.9. The predicted molar refractivity (Wildman–Crippen MR) is 127 cm³/mol. The van der Waals surface area contributed by atoms with Gasteiger partial charge in [-0.05, 0) is 29.2 Å². The number of hydroxylamine groups is 1. The van der Waals surface area contributed by atoms with E-state index in [4.69, 9.17) is 14.8 Å². The standard InChI is InChI=1S/C24H30N2O7S/c1-24(23(28)25-29,34(3,30)31)14-20-13-22(26-33-20)19-10-8-18(9-11-19)17-6-4-16(5-7-17)12-21(15-27)32-2/h4-11,20-21,27,29H,12-15H2,1-3H3,(H,25,28)/t20-,21-,24?/m1/s1. The van der Waals surface area contributed by atoms with Crippen molar-refractivity contribution < 1.29 is 33.1 Å². The third-order valence-corrected chi connectivity index (χ3v) is 8.24. The molecule has 0 saturated heterocycles. The lowest BCUT2D eigenvalue weighted by atomic mass is 9.95. The number of hydrogen-bond donors (Lipinski definition) is 3. The van der Waals surface area contributed by atoms with Gasteiger partial charge in [-0.2, -0.15) is 0 Å². The van der Waals surface area contributed by atoms with Crippen molar-refractivity contribution in [3.63, 3.8) is 0 Å². The number of benzene rings is 2. The van der Waals surface area contributed by atoms with Crippen LogP contribution < -0.4 is 5.48 Å². The maximum Gasteiger partial charge on any atom is 0.264 e. The lowest BCUT2D eigenvalue weighted by Crippen LogP contribution is -2.51. The van der Waals surface area contributed by atoms with Crippen molar-refractivity contribution in [1.82, 2.24) is 5.48 Å². The highest BCUT2D eigenvalue weighted by Crippen LogP contribution is 2.30. The summed E-state index contributed by atoms with van der Waals surface area (Å²) in [5, 5.41) is 22.4. The Bertz CT molecular complexity index is 1130. The number of amides is 1. The molecule has 0 aromatic heterocycles. The van der Waals surface area contributed by atoms with Crippen molar-refractivity contribution in [1.29, 1.82) is 0 Å². The highest BCUT2D eigenvalue weighted by atomic mass is 32.2. The monoisotopic (exact) mass is 490 g/mol. The molecule has 1 heterocycles. The van der Waals surface area contributed by atoms with E-state index >= 15 is 0 Å². The van der Waals surface area contributed by atoms with Crippen LogP contribution in [0.5, 0.6) is 0 Å². The maximum absolute atomic E-state index is 12.2. The van der Waals surface area contributed by atoms with Gasteiger partial charge < -0.3 is 14.7 Å². The highest BCUT2D eigenvalue weighted by molar-refractivity contribution is 7.92. The van der Waals surface area contributed by atoms with E-state index in [9.17, 15) is 18.3 Å². The fourth-order valence-corrected chi connectivity index (χ4v) is 4.72. The minimum atomic E-state index is -3.82. The number of nitrogens with one attached hydrogen (secondary N) is 1. The van der Waals surface area contributed by atoms with Crippen molar-refractivity contribution >= 4 is 21.5 Å². The van der Waals surface area contributed by atoms with Crippen LogP contribution in [0.4, 0.5) is 0 Å². The Morgan fingerprint density at radius 1 is 1.18 bits per heavy atom. The molecule has 1 aliphatic rings. The fraction of sp³-hybridized carbons (Fsp3) is 0.417. The summed E-state index contributed by atoms with van der Waals surface area (Å²) < 4.78 is 27.8. The Morgan fingerprint density at radius 3 is 2.24 bits per heavy atom. The molecule has 1 aliphatic heterocycles. The number of rotatable bonds is 10. The van der Waals surface area contributed by atoms with Gasteiger partial charge in [-0.1, -0.05) is 53.7 Å². The van der Waals surface area contributed by atoms with Crippen molar-refractivity contribution in [2.75, 3.05) is 20.0 Å². The van der Waals surface area contributed by atoms with Crippen LogP contribution >= 0.6 is 0 Å². The predicted octanol–water partition coefficient (Wildman–Crippen LogP) is 2.10. The molecule has 0 radical (unpaired) electrons. The number of methoxy groups -OCH3 is 1. The second-order valence-corrected chi connectivity index (χ2v) is 11.1. The average molecular weight is 491 g/mol. The van der Waals surface area contributed by atoms with Gasteiger partial charge in [0.15, 0.2) is 14.6 Å². The molecule has 2 aromatic carbocycles. The number of ether oxygens (including phenoxy) is 1. The van der Waals surface area contributed by atoms with Crippen LogP contribution in [0.25, 0.3) is 11.1 Å². The first-order chi connectivity index (χ1) is 16.1. The van der Waals surface area contributed by atoms with Crippen LogP contribution in [0.2, 0.25) is 0 Å². The molecule has 3 rings (SSSR count). The maximum atomic E-state index is 12.2. The van der Waals surface area contributed by atoms with E-state index in [1.165, 1.54) is 12.4 Å². The number of aliphatic hydroxyl groups is 1. The van der Waals surface area contributed by atoms with E-state index in [2.05, 4.69) is 5.16 Å². The molecule has 0 bridgehead atoms. The lowest BCUT2D eigenvalue weighted by Gasteiger charge is -2.26. The van der Waals surface area contributed by atoms with Crippen molar-refractivity contribution in [3.05, 3.63) is 59.7 Å². The first-order valence-corrected chi connectivity index (χ1v) is 12.7. The number of aliphatic hydroxyl groups excluding tert-OH is 1. The van der Waals surface area contributed by atoms with E-state index in [0.717, 1.165) is 28.5 Å². The van der Waals surface area contributed by atoms with Crippen molar-refractivity contribution in [3.8, 4) is 11.1 Å². The SMILES string of the molecule is CO[C@@H](CO)Cc1ccc(-c2ccc(C3=NO[C@@H](CC(C)(C(=O)NO)S(C)(=O)=O)C3)cc2)cc1. The zero-order valence-electron chi connectivity index (χ0n) is 19.4. The van der Waals surface area contributed by atoms with Gasteiger partial charge in [0.05, 0.1) is 18.4 Å². The zero-order valence-corrected chi connectivity index (χ0v) is 20.2. The summed E-state index contributed by atoms with van der Waals surface area (Å²) in [5.74, 6) is -1.00. The molecule has 0 fully saturated rings. The first kappa shape index (κ1) is 25.8. The second-order valence-electron chi connectivity index (χ2n) is 8.64. The number of carbonyl (C=O) groups excluding carboxylic acids is 1. The van der Waals surface area contributed by atoms with Gasteiger partial charge in [-0.3, -0.25) is 10.0 Å². The normalized spacial score (nSPS) is 18.5. The van der Waals surface area contributed by atoms with Crippen molar-refractivity contribution in [2.24, 2.45) is 5.16 Å². The molecule has 34 heavy (non-hydrogen) atoms. The molecule has 1 amide bonds. The van der Waals surface area contributed by atoms with Gasteiger partial charge in [0.1, 0.15) is 6.10 Å². The summed E-state index contributed by atoms with van der Waals surface area (Å²) in [5.41, 5.74) is 6.05. The smallest absolute Gasteiger partial charge is 0.264 e. The van der Waals surface area contributed by atoms with E-state index in [1.807, 2.05) is 48.5 Å². The van der Waals surface area contributed by atoms with Crippen LogP contribution in [-0.2, 0) is 30.6 Å². The number of nitrogens with zero attached hydrogens (tertiary/aromatic N) is 1. The third kappa shape index (κ3) is 5.64. The van der Waals surface area contributed by atoms with Gasteiger partial charge >= 0.3 is 0 Å². The van der Waals surface area contributed by atoms with E-state index in [0.29, 0.717) is 18.6 Å². The Labute approximate surface area is 199 Å². The molecule has 3 N–H and O–H groups in total. The van der Waals surface area contributed by atoms with Crippen LogP contribution in [0.15, 0.2) is 53.7 Å². The molecule has 0 spiro atoms. The van der Waals surface area contributed by atoms with Crippen LogP contribution in [0, 0.1) is 0 Å². The molecule has 184 valence electrons. The van der Waals surface area contributed by atoms with E-state index in [1.54, 1.807) is 7.11 Å². The Balaban J connectivity index is 1.66. The Hall–Kier alpha value is -2.79. The summed E-state index contributed by atoms with van der Waals surface area (Å²) in [4.78, 5) is 17.5.